The molecule has 22 heavy (non-hydrogen) atoms. The van der Waals surface area contributed by atoms with E-state index in [2.05, 4.69) is 36.1 Å². The van der Waals surface area contributed by atoms with E-state index >= 15 is 0 Å². The average Bonchev–Trinajstić information content (AvgIpc) is 3.06. The zero-order valence-corrected chi connectivity index (χ0v) is 14.4. The topological polar surface area (TPSA) is 34.0 Å². The minimum Gasteiger partial charge on any atom is -0.350 e. The van der Waals surface area contributed by atoms with Gasteiger partial charge in [0.1, 0.15) is 0 Å². The van der Waals surface area contributed by atoms with E-state index in [4.69, 9.17) is 0 Å². The van der Waals surface area contributed by atoms with Crippen molar-refractivity contribution in [1.29, 1.82) is 0 Å². The minimum atomic E-state index is -0.0470. The van der Waals surface area contributed by atoms with Crippen molar-refractivity contribution in [3.8, 4) is 0 Å². The Morgan fingerprint density at radius 1 is 1.23 bits per heavy atom. The quantitative estimate of drug-likeness (QED) is 0.662. The van der Waals surface area contributed by atoms with Crippen LogP contribution in [0.1, 0.15) is 29.6 Å². The predicted molar refractivity (Wildman–Crippen MR) is 96.4 cm³/mol. The van der Waals surface area contributed by atoms with E-state index in [0.29, 0.717) is 6.04 Å². The van der Waals surface area contributed by atoms with E-state index in [1.165, 1.54) is 16.2 Å². The Bertz CT molecular complexity index is 768. The number of aromatic nitrogens is 1. The van der Waals surface area contributed by atoms with Crippen molar-refractivity contribution in [2.75, 3.05) is 11.6 Å². The fourth-order valence-electron chi connectivity index (χ4n) is 2.23. The molecule has 1 N–H and O–H groups in total. The van der Waals surface area contributed by atoms with Crippen LogP contribution in [0.5, 0.6) is 0 Å². The van der Waals surface area contributed by atoms with Gasteiger partial charge in [0.05, 0.1) is 9.58 Å². The van der Waals surface area contributed by atoms with E-state index in [1.807, 2.05) is 36.6 Å². The molecule has 3 rings (SSSR count). The zero-order valence-electron chi connectivity index (χ0n) is 12.8. The number of carbonyl (C=O) groups excluding carboxylic acids is 1. The van der Waals surface area contributed by atoms with E-state index < -0.39 is 0 Å². The van der Waals surface area contributed by atoms with Gasteiger partial charge in [-0.3, -0.25) is 4.79 Å². The summed E-state index contributed by atoms with van der Waals surface area (Å²) in [5, 5.41) is 4.08. The average molecular weight is 330 g/mol. The molecule has 1 aromatic carbocycles. The standard InChI is InChI=1S/C17H18N2OS2/c1-11(2)19-9-12-8-15(22-16(12)10-19)17(20)18-13-4-6-14(21-3)7-5-13/h4-11H,1-3H3,(H,18,20). The Kier molecular flexibility index (Phi) is 4.27. The van der Waals surface area contributed by atoms with Gasteiger partial charge in [-0.2, -0.15) is 0 Å². The molecule has 1 amide bonds. The second-order valence-corrected chi connectivity index (χ2v) is 7.38. The Labute approximate surface area is 138 Å². The number of nitrogens with one attached hydrogen (secondary N) is 1. The normalized spacial score (nSPS) is 11.3. The van der Waals surface area contributed by atoms with Gasteiger partial charge >= 0.3 is 0 Å². The second kappa shape index (κ2) is 6.18. The number of anilines is 1. The molecule has 0 aliphatic rings. The van der Waals surface area contributed by atoms with Crippen molar-refractivity contribution >= 4 is 44.8 Å². The van der Waals surface area contributed by atoms with Crippen molar-refractivity contribution in [3.05, 3.63) is 47.6 Å². The molecule has 3 nitrogen and oxygen atoms in total. The van der Waals surface area contributed by atoms with Gasteiger partial charge in [-0.25, -0.2) is 0 Å². The van der Waals surface area contributed by atoms with Crippen molar-refractivity contribution in [2.45, 2.75) is 24.8 Å². The van der Waals surface area contributed by atoms with Gasteiger partial charge in [-0.05, 0) is 50.4 Å². The molecule has 0 aliphatic carbocycles. The van der Waals surface area contributed by atoms with E-state index in [-0.39, 0.29) is 5.91 Å². The first-order chi connectivity index (χ1) is 10.6. The Morgan fingerprint density at radius 2 is 1.95 bits per heavy atom. The largest absolute Gasteiger partial charge is 0.350 e. The first-order valence-electron chi connectivity index (χ1n) is 7.13. The minimum absolute atomic E-state index is 0.0470. The third kappa shape index (κ3) is 3.05. The maximum Gasteiger partial charge on any atom is 0.265 e. The van der Waals surface area contributed by atoms with Gasteiger partial charge in [-0.1, -0.05) is 0 Å². The number of thiophene rings is 1. The number of carbonyl (C=O) groups is 1. The highest BCUT2D eigenvalue weighted by Gasteiger charge is 2.12. The summed E-state index contributed by atoms with van der Waals surface area (Å²) < 4.78 is 3.32. The Hall–Kier alpha value is -1.72. The number of rotatable bonds is 4. The third-order valence-electron chi connectivity index (χ3n) is 3.51. The summed E-state index contributed by atoms with van der Waals surface area (Å²) in [4.78, 5) is 14.3. The number of hydrogen-bond acceptors (Lipinski definition) is 3. The molecule has 0 aliphatic heterocycles. The molecule has 5 heteroatoms. The van der Waals surface area contributed by atoms with Crippen molar-refractivity contribution in [3.63, 3.8) is 0 Å². The lowest BCUT2D eigenvalue weighted by Crippen LogP contribution is -2.09. The Morgan fingerprint density at radius 3 is 2.55 bits per heavy atom. The predicted octanol–water partition coefficient (Wildman–Crippen LogP) is 5.26. The van der Waals surface area contributed by atoms with Crippen LogP contribution in [0, 0.1) is 0 Å². The summed E-state index contributed by atoms with van der Waals surface area (Å²) in [7, 11) is 0. The van der Waals surface area contributed by atoms with Gasteiger partial charge in [-0.15, -0.1) is 23.1 Å². The van der Waals surface area contributed by atoms with Crippen LogP contribution >= 0.6 is 23.1 Å². The summed E-state index contributed by atoms with van der Waals surface area (Å²) in [6, 6.07) is 10.3. The second-order valence-electron chi connectivity index (χ2n) is 5.41. The fraction of sp³-hybridized carbons (Fsp3) is 0.235. The lowest BCUT2D eigenvalue weighted by atomic mass is 10.3. The number of amides is 1. The summed E-state index contributed by atoms with van der Waals surface area (Å²) >= 11 is 3.22. The third-order valence-corrected chi connectivity index (χ3v) is 5.34. The van der Waals surface area contributed by atoms with Crippen molar-refractivity contribution < 1.29 is 4.79 Å². The first-order valence-corrected chi connectivity index (χ1v) is 9.17. The van der Waals surface area contributed by atoms with Crippen LogP contribution in [0.4, 0.5) is 5.69 Å². The number of benzene rings is 1. The molecule has 0 saturated heterocycles. The summed E-state index contributed by atoms with van der Waals surface area (Å²) in [5.74, 6) is -0.0470. The van der Waals surface area contributed by atoms with E-state index in [9.17, 15) is 4.79 Å². The van der Waals surface area contributed by atoms with Crippen LogP contribution in [0.25, 0.3) is 10.1 Å². The summed E-state index contributed by atoms with van der Waals surface area (Å²) in [5.41, 5.74) is 0.827. The van der Waals surface area contributed by atoms with Crippen LogP contribution in [0.15, 0.2) is 47.6 Å². The molecule has 0 bridgehead atoms. The molecular weight excluding hydrogens is 312 g/mol. The van der Waals surface area contributed by atoms with Gasteiger partial charge in [0.15, 0.2) is 0 Å². The molecule has 0 radical (unpaired) electrons. The number of nitrogens with zero attached hydrogens (tertiary/aromatic N) is 1. The van der Waals surface area contributed by atoms with E-state index in [0.717, 1.165) is 20.7 Å². The monoisotopic (exact) mass is 330 g/mol. The zero-order chi connectivity index (χ0) is 15.7. The van der Waals surface area contributed by atoms with Crippen LogP contribution in [0.2, 0.25) is 0 Å². The van der Waals surface area contributed by atoms with Gasteiger partial charge in [0.25, 0.3) is 5.91 Å². The summed E-state index contributed by atoms with van der Waals surface area (Å²) in [6.45, 7) is 4.30. The molecule has 3 aromatic rings. The molecule has 0 atom stereocenters. The molecule has 0 spiro atoms. The maximum absolute atomic E-state index is 12.3. The summed E-state index contributed by atoms with van der Waals surface area (Å²) in [6.07, 6.45) is 6.24. The highest BCUT2D eigenvalue weighted by Crippen LogP contribution is 2.28. The van der Waals surface area contributed by atoms with Gasteiger partial charge in [0, 0.05) is 34.4 Å². The first kappa shape index (κ1) is 15.2. The molecule has 0 fully saturated rings. The van der Waals surface area contributed by atoms with Gasteiger partial charge in [0.2, 0.25) is 0 Å². The molecule has 114 valence electrons. The Balaban J connectivity index is 1.77. The van der Waals surface area contributed by atoms with Crippen LogP contribution in [0.3, 0.4) is 0 Å². The fourth-order valence-corrected chi connectivity index (χ4v) is 3.61. The van der Waals surface area contributed by atoms with E-state index in [1.54, 1.807) is 11.8 Å². The SMILES string of the molecule is CSc1ccc(NC(=O)c2cc3cn(C(C)C)cc3s2)cc1. The molecule has 2 heterocycles. The highest BCUT2D eigenvalue weighted by molar-refractivity contribution is 7.98. The van der Waals surface area contributed by atoms with Crippen LogP contribution in [-0.4, -0.2) is 16.7 Å². The number of thioether (sulfide) groups is 1. The number of hydrogen-bond donors (Lipinski definition) is 1. The highest BCUT2D eigenvalue weighted by atomic mass is 32.2. The molecular formula is C17H18N2OS2. The van der Waals surface area contributed by atoms with Crippen LogP contribution < -0.4 is 5.32 Å². The lowest BCUT2D eigenvalue weighted by molar-refractivity contribution is 0.103. The van der Waals surface area contributed by atoms with Crippen molar-refractivity contribution in [2.24, 2.45) is 0 Å². The van der Waals surface area contributed by atoms with Crippen molar-refractivity contribution in [1.82, 2.24) is 4.57 Å². The van der Waals surface area contributed by atoms with Gasteiger partial charge < -0.3 is 9.88 Å². The molecule has 2 aromatic heterocycles. The molecule has 0 unspecified atom stereocenters. The smallest absolute Gasteiger partial charge is 0.265 e. The van der Waals surface area contributed by atoms with Crippen LogP contribution in [-0.2, 0) is 0 Å². The maximum atomic E-state index is 12.3. The lowest BCUT2D eigenvalue weighted by Gasteiger charge is -2.05. The molecule has 0 saturated carbocycles. The number of fused-ring (bicyclic) bond motifs is 1.